The lowest BCUT2D eigenvalue weighted by Gasteiger charge is -2.21. The number of carbonyl (C=O) groups is 4. The summed E-state index contributed by atoms with van der Waals surface area (Å²) in [7, 11) is -9.93. The number of rotatable bonds is 77. The second kappa shape index (κ2) is 70.8. The molecule has 0 aromatic rings. The molecule has 0 aliphatic heterocycles. The summed E-state index contributed by atoms with van der Waals surface area (Å²) in [5.74, 6) is 0.172. The van der Waals surface area contributed by atoms with Crippen molar-refractivity contribution >= 4 is 39.5 Å². The molecule has 0 aliphatic rings. The Morgan fingerprint density at radius 1 is 0.310 bits per heavy atom. The van der Waals surface area contributed by atoms with E-state index < -0.39 is 97.5 Å². The predicted molar refractivity (Wildman–Crippen MR) is 409 cm³/mol. The molecule has 0 aromatic carbocycles. The van der Waals surface area contributed by atoms with E-state index in [0.717, 1.165) is 127 Å². The predicted octanol–water partition coefficient (Wildman–Crippen LogP) is 23.7. The Morgan fingerprint density at radius 3 is 0.810 bits per heavy atom. The molecular formula is C81H154O17P2. The number of carbonyl (C=O) groups excluding carboxylic acids is 4. The molecule has 0 radical (unpaired) electrons. The van der Waals surface area contributed by atoms with Gasteiger partial charge < -0.3 is 33.8 Å². The minimum Gasteiger partial charge on any atom is -0.462 e. The smallest absolute Gasteiger partial charge is 0.462 e. The third kappa shape index (κ3) is 73.8. The van der Waals surface area contributed by atoms with Gasteiger partial charge in [-0.2, -0.15) is 0 Å². The van der Waals surface area contributed by atoms with Crippen LogP contribution in [-0.4, -0.2) is 96.7 Å². The minimum atomic E-state index is -4.97. The molecule has 2 unspecified atom stereocenters. The highest BCUT2D eigenvalue weighted by Gasteiger charge is 2.30. The third-order valence-corrected chi connectivity index (χ3v) is 20.2. The number of aliphatic hydroxyl groups excluding tert-OH is 1. The number of phosphoric acid groups is 2. The Balaban J connectivity index is 5.29. The number of aliphatic hydroxyl groups is 1. The zero-order valence-corrected chi connectivity index (χ0v) is 66.9. The topological polar surface area (TPSA) is 237 Å². The maximum atomic E-state index is 13.1. The van der Waals surface area contributed by atoms with Crippen molar-refractivity contribution in [2.24, 2.45) is 17.8 Å². The first kappa shape index (κ1) is 97.5. The van der Waals surface area contributed by atoms with Gasteiger partial charge in [-0.15, -0.1) is 0 Å². The standard InChI is InChI=1S/C81H154O17P2/c1-8-9-10-11-12-13-14-15-18-22-27-34-41-48-55-62-78(83)91-68-76(97-80(85)64-57-50-43-35-28-23-20-17-16-19-21-25-31-38-45-52-59-72(2)3)70-95-99(87,88)93-66-75(82)67-94-100(89,90)96-71-77(69-92-79(84)63-56-49-42-37-30-33-40-47-54-61-74(6)7)98-81(86)65-58-51-44-36-29-24-26-32-39-46-53-60-73(4)5/h13-15,18,72-77,82H,8-12,16-17,19-71H2,1-7H3,(H,87,88)(H,89,90)/b14-13-,18-15-/t75-,76-,77-/m1/s1. The van der Waals surface area contributed by atoms with Crippen LogP contribution in [0.1, 0.15) is 395 Å². The van der Waals surface area contributed by atoms with Crippen LogP contribution in [0.15, 0.2) is 24.3 Å². The van der Waals surface area contributed by atoms with Crippen LogP contribution in [-0.2, 0) is 65.4 Å². The summed E-state index contributed by atoms with van der Waals surface area (Å²) < 4.78 is 68.7. The van der Waals surface area contributed by atoms with E-state index in [1.807, 2.05) is 0 Å². The van der Waals surface area contributed by atoms with Gasteiger partial charge >= 0.3 is 39.5 Å². The summed E-state index contributed by atoms with van der Waals surface area (Å²) >= 11 is 0. The number of ether oxygens (including phenoxy) is 4. The monoisotopic (exact) mass is 1460 g/mol. The van der Waals surface area contributed by atoms with Gasteiger partial charge in [0.1, 0.15) is 19.3 Å². The van der Waals surface area contributed by atoms with Crippen molar-refractivity contribution in [3.8, 4) is 0 Å². The van der Waals surface area contributed by atoms with Crippen molar-refractivity contribution in [2.45, 2.75) is 414 Å². The van der Waals surface area contributed by atoms with Crippen LogP contribution in [0, 0.1) is 17.8 Å². The van der Waals surface area contributed by atoms with Crippen LogP contribution >= 0.6 is 15.6 Å². The molecule has 590 valence electrons. The van der Waals surface area contributed by atoms with E-state index >= 15 is 0 Å². The number of unbranched alkanes of at least 4 members (excludes halogenated alkanes) is 42. The summed E-state index contributed by atoms with van der Waals surface area (Å²) in [6.07, 6.45) is 61.8. The maximum Gasteiger partial charge on any atom is 0.472 e. The Hall–Kier alpha value is -2.46. The molecule has 5 atom stereocenters. The van der Waals surface area contributed by atoms with Gasteiger partial charge in [-0.3, -0.25) is 37.3 Å². The molecule has 3 N–H and O–H groups in total. The molecule has 0 bridgehead atoms. The van der Waals surface area contributed by atoms with Gasteiger partial charge in [-0.1, -0.05) is 342 Å². The number of allylic oxidation sites excluding steroid dienone is 4. The SMILES string of the molecule is CCCCCC/C=C\C=C/CCCCCCCC(=O)OC[C@H](COP(=O)(O)OC[C@@H](O)COP(=O)(O)OC[C@@H](COC(=O)CCCCCCCCCCCC(C)C)OC(=O)CCCCCCCCCCCCCC(C)C)OC(=O)CCCCCCCCCCCCCCCCCCC(C)C. The first-order valence-electron chi connectivity index (χ1n) is 41.2. The summed E-state index contributed by atoms with van der Waals surface area (Å²) in [5, 5.41) is 10.6. The molecule has 0 aliphatic carbocycles. The van der Waals surface area contributed by atoms with Crippen LogP contribution in [0.5, 0.6) is 0 Å². The fourth-order valence-electron chi connectivity index (χ4n) is 11.9. The molecule has 0 saturated carbocycles. The first-order chi connectivity index (χ1) is 48.2. The fraction of sp³-hybridized carbons (Fsp3) is 0.901. The van der Waals surface area contributed by atoms with Gasteiger partial charge in [0.25, 0.3) is 0 Å². The highest BCUT2D eigenvalue weighted by atomic mass is 31.2. The Kier molecular flexibility index (Phi) is 69.1. The summed E-state index contributed by atoms with van der Waals surface area (Å²) in [5.41, 5.74) is 0. The van der Waals surface area contributed by atoms with E-state index in [4.69, 9.17) is 37.0 Å². The molecule has 0 saturated heterocycles. The van der Waals surface area contributed by atoms with E-state index in [1.165, 1.54) is 186 Å². The molecule has 0 rings (SSSR count). The number of phosphoric ester groups is 2. The van der Waals surface area contributed by atoms with Crippen molar-refractivity contribution < 1.29 is 80.2 Å². The largest absolute Gasteiger partial charge is 0.472 e. The highest BCUT2D eigenvalue weighted by Crippen LogP contribution is 2.45. The second-order valence-corrected chi connectivity index (χ2v) is 32.8. The summed E-state index contributed by atoms with van der Waals surface area (Å²) in [4.78, 5) is 73.0. The first-order valence-corrected chi connectivity index (χ1v) is 44.2. The van der Waals surface area contributed by atoms with Crippen LogP contribution in [0.4, 0.5) is 0 Å². The van der Waals surface area contributed by atoms with Crippen molar-refractivity contribution in [1.29, 1.82) is 0 Å². The van der Waals surface area contributed by atoms with E-state index in [9.17, 15) is 43.2 Å². The van der Waals surface area contributed by atoms with Gasteiger partial charge in [-0.05, 0) is 69.1 Å². The van der Waals surface area contributed by atoms with Gasteiger partial charge in [0, 0.05) is 25.7 Å². The fourth-order valence-corrected chi connectivity index (χ4v) is 13.5. The normalized spacial score (nSPS) is 14.1. The van der Waals surface area contributed by atoms with E-state index in [1.54, 1.807) is 0 Å². The molecule has 0 aromatic heterocycles. The van der Waals surface area contributed by atoms with Gasteiger partial charge in [0.2, 0.25) is 0 Å². The van der Waals surface area contributed by atoms with Gasteiger partial charge in [0.05, 0.1) is 26.4 Å². The van der Waals surface area contributed by atoms with Crippen LogP contribution in [0.25, 0.3) is 0 Å². The van der Waals surface area contributed by atoms with E-state index in [2.05, 4.69) is 72.8 Å². The van der Waals surface area contributed by atoms with E-state index in [0.29, 0.717) is 25.7 Å². The highest BCUT2D eigenvalue weighted by molar-refractivity contribution is 7.47. The van der Waals surface area contributed by atoms with Crippen molar-refractivity contribution in [1.82, 2.24) is 0 Å². The Labute approximate surface area is 612 Å². The van der Waals surface area contributed by atoms with Crippen molar-refractivity contribution in [3.63, 3.8) is 0 Å². The molecule has 0 amide bonds. The average molecular weight is 1460 g/mol. The third-order valence-electron chi connectivity index (χ3n) is 18.3. The molecule has 0 heterocycles. The number of hydrogen-bond donors (Lipinski definition) is 3. The Morgan fingerprint density at radius 2 is 0.540 bits per heavy atom. The van der Waals surface area contributed by atoms with Crippen LogP contribution in [0.2, 0.25) is 0 Å². The Bertz CT molecular complexity index is 2030. The molecule has 19 heteroatoms. The van der Waals surface area contributed by atoms with Crippen molar-refractivity contribution in [3.05, 3.63) is 24.3 Å². The number of hydrogen-bond acceptors (Lipinski definition) is 15. The maximum absolute atomic E-state index is 13.1. The second-order valence-electron chi connectivity index (χ2n) is 29.9. The molecule has 0 fully saturated rings. The average Bonchev–Trinajstić information content (AvgIpc) is 0.926. The van der Waals surface area contributed by atoms with Gasteiger partial charge in [-0.25, -0.2) is 9.13 Å². The molecule has 17 nitrogen and oxygen atoms in total. The zero-order valence-electron chi connectivity index (χ0n) is 65.2. The number of esters is 4. The lowest BCUT2D eigenvalue weighted by atomic mass is 10.0. The quantitative estimate of drug-likeness (QED) is 0.0169. The van der Waals surface area contributed by atoms with E-state index in [-0.39, 0.29) is 25.7 Å². The molecular weight excluding hydrogens is 1310 g/mol. The summed E-state index contributed by atoms with van der Waals surface area (Å²) in [6, 6.07) is 0. The van der Waals surface area contributed by atoms with Gasteiger partial charge in [0.15, 0.2) is 12.2 Å². The summed E-state index contributed by atoms with van der Waals surface area (Å²) in [6.45, 7) is 11.9. The zero-order chi connectivity index (χ0) is 73.7. The van der Waals surface area contributed by atoms with Crippen molar-refractivity contribution in [2.75, 3.05) is 39.6 Å². The lowest BCUT2D eigenvalue weighted by Crippen LogP contribution is -2.30. The lowest BCUT2D eigenvalue weighted by molar-refractivity contribution is -0.161. The molecule has 100 heavy (non-hydrogen) atoms. The van der Waals surface area contributed by atoms with Crippen LogP contribution < -0.4 is 0 Å². The van der Waals surface area contributed by atoms with Crippen LogP contribution in [0.3, 0.4) is 0 Å². The minimum absolute atomic E-state index is 0.101. The molecule has 0 spiro atoms.